The van der Waals surface area contributed by atoms with Crippen LogP contribution in [0.5, 0.6) is 11.5 Å². The van der Waals surface area contributed by atoms with E-state index < -0.39 is 94.0 Å². The second-order valence-corrected chi connectivity index (χ2v) is 26.7. The molecule has 0 aliphatic carbocycles. The van der Waals surface area contributed by atoms with Crippen molar-refractivity contribution in [3.8, 4) is 11.5 Å². The Labute approximate surface area is 603 Å². The fourth-order valence-electron chi connectivity index (χ4n) is 11.2. The van der Waals surface area contributed by atoms with Gasteiger partial charge in [-0.1, -0.05) is 39.8 Å². The number of esters is 2. The van der Waals surface area contributed by atoms with Crippen LogP contribution in [-0.4, -0.2) is 185 Å². The Morgan fingerprint density at radius 2 is 1.01 bits per heavy atom. The van der Waals surface area contributed by atoms with Crippen molar-refractivity contribution in [1.82, 2.24) is 40.6 Å². The van der Waals surface area contributed by atoms with Crippen molar-refractivity contribution >= 4 is 111 Å². The lowest BCUT2D eigenvalue weighted by Crippen LogP contribution is -2.51. The van der Waals surface area contributed by atoms with Crippen LogP contribution in [0.2, 0.25) is 0 Å². The summed E-state index contributed by atoms with van der Waals surface area (Å²) < 4.78 is 49.5. The molecular formula is C71H99F2N10O17S2+. The monoisotopic (exact) mass is 1470 g/mol. The van der Waals surface area contributed by atoms with Gasteiger partial charge in [-0.2, -0.15) is 23.5 Å². The first kappa shape index (κ1) is 81.4. The van der Waals surface area contributed by atoms with E-state index in [1.807, 2.05) is 52.0 Å². The van der Waals surface area contributed by atoms with E-state index in [-0.39, 0.29) is 71.6 Å². The van der Waals surface area contributed by atoms with Crippen LogP contribution >= 0.6 is 23.5 Å². The number of pyridine rings is 2. The van der Waals surface area contributed by atoms with E-state index in [0.717, 1.165) is 30.8 Å². The largest absolute Gasteiger partial charge is 0.477 e. The molecule has 6 aromatic rings. The maximum absolute atomic E-state index is 15.2. The molecule has 0 bridgehead atoms. The van der Waals surface area contributed by atoms with Crippen LogP contribution in [-0.2, 0) is 59.8 Å². The second-order valence-electron chi connectivity index (χ2n) is 24.8. The van der Waals surface area contributed by atoms with Crippen molar-refractivity contribution in [2.45, 2.75) is 118 Å². The summed E-state index contributed by atoms with van der Waals surface area (Å²) in [5, 5.41) is 39.6. The van der Waals surface area contributed by atoms with Gasteiger partial charge < -0.3 is 79.9 Å². The summed E-state index contributed by atoms with van der Waals surface area (Å²) in [7, 11) is 0. The fourth-order valence-corrected chi connectivity index (χ4v) is 12.2. The lowest BCUT2D eigenvalue weighted by Gasteiger charge is -2.35. The third-order valence-electron chi connectivity index (χ3n) is 16.6. The summed E-state index contributed by atoms with van der Waals surface area (Å²) >= 11 is 3.11. The molecule has 4 aromatic carbocycles. The molecule has 4 heterocycles. The second kappa shape index (κ2) is 40.2. The van der Waals surface area contributed by atoms with Crippen molar-refractivity contribution in [2.24, 2.45) is 11.8 Å². The number of amides is 5. The maximum Gasteiger partial charge on any atom is 0.410 e. The predicted octanol–water partition coefficient (Wildman–Crippen LogP) is 7.09. The summed E-state index contributed by atoms with van der Waals surface area (Å²) in [5.74, 6) is -3.71. The summed E-state index contributed by atoms with van der Waals surface area (Å²) in [6.45, 7) is 16.3. The molecule has 102 heavy (non-hydrogen) atoms. The minimum Gasteiger partial charge on any atom is -0.477 e. The van der Waals surface area contributed by atoms with Gasteiger partial charge in [0.2, 0.25) is 35.5 Å². The SMILES string of the molecule is CCn1cc(C(=O)O)c(=O)c2cc(F)c(N3CCN(C(=O)OCc4ccc(OC(=O)C(CC(C)C)NC(=O)C(CCSC)NC=O)cc4)CC3)cc21.CCn1cc(C(=O)O)c(=O)c2cc(F)c(N3CCNCC3)cc21.CSCCC(NC=O)C(=O)NC(CC(C)C)C(=O)Oc1ccc(C[OH2+])cc1.[HH].[HH].[HH].[HH]. The first-order valence-corrected chi connectivity index (χ1v) is 36.1. The highest BCUT2D eigenvalue weighted by Crippen LogP contribution is 2.29. The Kier molecular flexibility index (Phi) is 32.0. The van der Waals surface area contributed by atoms with Crippen molar-refractivity contribution in [2.75, 3.05) is 86.2 Å². The van der Waals surface area contributed by atoms with Crippen LogP contribution in [0.4, 0.5) is 25.0 Å². The normalized spacial score (nSPS) is 14.0. The average Bonchev–Trinajstić information content (AvgIpc) is 0.770. The van der Waals surface area contributed by atoms with E-state index in [1.165, 1.54) is 35.1 Å². The molecule has 4 atom stereocenters. The van der Waals surface area contributed by atoms with Gasteiger partial charge in [0.15, 0.2) is 6.61 Å². The van der Waals surface area contributed by atoms with Crippen molar-refractivity contribution < 1.29 is 87.2 Å². The Balaban J connectivity index is 0.000000593. The number of hydrogen-bond donors (Lipinski definition) is 7. The number of carbonyl (C=O) groups is 9. The molecule has 560 valence electrons. The summed E-state index contributed by atoms with van der Waals surface area (Å²) in [5.41, 5.74) is 0.949. The van der Waals surface area contributed by atoms with Gasteiger partial charge in [0.1, 0.15) is 65.0 Å². The van der Waals surface area contributed by atoms with Crippen LogP contribution < -0.4 is 56.7 Å². The molecule has 2 saturated heterocycles. The predicted molar refractivity (Wildman–Crippen MR) is 395 cm³/mol. The quantitative estimate of drug-likeness (QED) is 0.00988. The summed E-state index contributed by atoms with van der Waals surface area (Å²) in [6, 6.07) is 15.3. The molecule has 4 unspecified atom stereocenters. The molecular weight excluding hydrogens is 1370 g/mol. The van der Waals surface area contributed by atoms with E-state index in [4.69, 9.17) is 24.4 Å². The number of carbonyl (C=O) groups excluding carboxylic acids is 7. The molecule has 2 aliphatic rings. The Hall–Kier alpha value is -9.59. The molecule has 2 fully saturated rings. The van der Waals surface area contributed by atoms with Crippen LogP contribution in [0, 0.1) is 23.5 Å². The number of anilines is 2. The molecule has 31 heteroatoms. The number of fused-ring (bicyclic) bond motifs is 2. The van der Waals surface area contributed by atoms with Crippen LogP contribution in [0.1, 0.15) is 105 Å². The molecule has 2 aliphatic heterocycles. The number of aromatic carboxylic acids is 2. The van der Waals surface area contributed by atoms with Gasteiger partial charge in [0, 0.05) is 99.9 Å². The number of carboxylic acids is 2. The number of piperazine rings is 2. The number of hydrogen-bond acceptors (Lipinski definition) is 19. The Morgan fingerprint density at radius 3 is 1.37 bits per heavy atom. The zero-order valence-electron chi connectivity index (χ0n) is 58.3. The number of rotatable bonds is 31. The van der Waals surface area contributed by atoms with Crippen LogP contribution in [0.3, 0.4) is 0 Å². The lowest BCUT2D eigenvalue weighted by molar-refractivity contribution is -0.140. The molecule has 2 aromatic heterocycles. The average molecular weight is 1470 g/mol. The van der Waals surface area contributed by atoms with E-state index in [9.17, 15) is 62.2 Å². The lowest BCUT2D eigenvalue weighted by atomic mass is 10.0. The number of carboxylic acid groups (broad SMARTS) is 2. The van der Waals surface area contributed by atoms with Gasteiger partial charge >= 0.3 is 30.0 Å². The van der Waals surface area contributed by atoms with Gasteiger partial charge in [0.05, 0.1) is 22.4 Å². The minimum absolute atomic E-state index is 0. The van der Waals surface area contributed by atoms with Gasteiger partial charge in [-0.05, 0) is 142 Å². The fraction of sp³-hybridized carbons (Fsp3) is 0.451. The van der Waals surface area contributed by atoms with Crippen molar-refractivity contribution in [3.63, 3.8) is 0 Å². The third-order valence-corrected chi connectivity index (χ3v) is 17.9. The zero-order valence-corrected chi connectivity index (χ0v) is 60.0. The smallest absolute Gasteiger partial charge is 0.410 e. The van der Waals surface area contributed by atoms with Gasteiger partial charge in [-0.3, -0.25) is 28.8 Å². The number of aromatic nitrogens is 2. The van der Waals surface area contributed by atoms with E-state index in [1.54, 1.807) is 87.3 Å². The standard InChI is InChI=1S/C36H44FN5O9S.C19H28N2O5S.C16H18FN3O3.4H2/c1-5-40-19-26(34(46)47)32(44)25-17-27(37)31(18-30(25)40)41-11-13-42(14-12-41)36(49)50-20-23-6-8-24(9-7-23)51-35(48)29(16-22(2)3)39-33(45)28(38-21-43)10-15-52-4;1-13(2)10-17(21-18(24)16(20-12-23)8-9-27-3)19(25)26-15-6-4-14(11-22)5-7-15;1-2-19-9-11(16(22)23)15(21)10-7-12(17)14(8-13(10)19)20-5-3-18-4-6-20;;;;/h6-9,17-19,21-22,28-29H,5,10-16,20H2,1-4H3,(H,38,43)(H,39,45)(H,46,47);4-7,12-13,16-17,22H,8-11H2,1-3H3,(H,20,23)(H,21,24);7-9,18H,2-6H2,1H3,(H,22,23);4*1H/p+1. The highest BCUT2D eigenvalue weighted by molar-refractivity contribution is 7.98. The highest BCUT2D eigenvalue weighted by atomic mass is 32.2. The molecule has 27 nitrogen and oxygen atoms in total. The van der Waals surface area contributed by atoms with Crippen LogP contribution in [0.15, 0.2) is 94.8 Å². The third kappa shape index (κ3) is 23.0. The van der Waals surface area contributed by atoms with Gasteiger partial charge in [0.25, 0.3) is 0 Å². The number of aryl methyl sites for hydroxylation is 2. The molecule has 8 rings (SSSR count). The van der Waals surface area contributed by atoms with Crippen LogP contribution in [0.25, 0.3) is 21.8 Å². The molecule has 0 spiro atoms. The zero-order chi connectivity index (χ0) is 74.7. The first-order valence-electron chi connectivity index (χ1n) is 33.4. The highest BCUT2D eigenvalue weighted by Gasteiger charge is 2.31. The Bertz CT molecular complexity index is 4040. The molecule has 0 radical (unpaired) electrons. The number of ether oxygens (including phenoxy) is 3. The number of nitrogens with one attached hydrogen (secondary N) is 5. The van der Waals surface area contributed by atoms with Gasteiger partial charge in [-0.15, -0.1) is 0 Å². The topological polar surface area (TPSA) is 359 Å². The minimum atomic E-state index is -1.38. The summed E-state index contributed by atoms with van der Waals surface area (Å²) in [4.78, 5) is 139. The Morgan fingerprint density at radius 1 is 0.608 bits per heavy atom. The molecule has 0 saturated carbocycles. The first-order chi connectivity index (χ1) is 48.8. The maximum atomic E-state index is 15.2. The number of benzene rings is 4. The van der Waals surface area contributed by atoms with E-state index in [0.29, 0.717) is 117 Å². The number of nitrogens with zero attached hydrogens (tertiary/aromatic N) is 5. The molecule has 9 N–H and O–H groups in total. The number of halogens is 2. The van der Waals surface area contributed by atoms with Crippen molar-refractivity contribution in [3.05, 3.63) is 140 Å². The molecule has 5 amide bonds. The summed E-state index contributed by atoms with van der Waals surface area (Å²) in [6.07, 6.45) is 8.43. The van der Waals surface area contributed by atoms with Gasteiger partial charge in [-0.25, -0.2) is 32.8 Å². The van der Waals surface area contributed by atoms with Crippen molar-refractivity contribution in [1.29, 1.82) is 0 Å². The van der Waals surface area contributed by atoms with E-state index in [2.05, 4.69) is 26.6 Å². The van der Waals surface area contributed by atoms with E-state index >= 15 is 4.39 Å². The number of thioether (sulfide) groups is 2.